The number of rotatable bonds is 7. The Hall–Kier alpha value is -3.00. The van der Waals surface area contributed by atoms with Gasteiger partial charge >= 0.3 is 0 Å². The summed E-state index contributed by atoms with van der Waals surface area (Å²) in [5.41, 5.74) is 2.85. The third-order valence-corrected chi connectivity index (χ3v) is 3.77. The van der Waals surface area contributed by atoms with E-state index in [9.17, 15) is 4.79 Å². The van der Waals surface area contributed by atoms with Crippen LogP contribution in [0.4, 0.5) is 0 Å². The minimum absolute atomic E-state index is 0.0810. The number of ether oxygens (including phenoxy) is 1. The van der Waals surface area contributed by atoms with Crippen molar-refractivity contribution < 1.29 is 14.1 Å². The zero-order chi connectivity index (χ0) is 17.6. The Labute approximate surface area is 144 Å². The number of amides is 1. The van der Waals surface area contributed by atoms with Gasteiger partial charge in [-0.1, -0.05) is 35.5 Å². The van der Waals surface area contributed by atoms with Gasteiger partial charge in [-0.3, -0.25) is 9.48 Å². The van der Waals surface area contributed by atoms with Crippen LogP contribution in [0, 0.1) is 6.92 Å². The summed E-state index contributed by atoms with van der Waals surface area (Å²) in [6.45, 7) is 2.37. The molecule has 0 spiro atoms. The van der Waals surface area contributed by atoms with Gasteiger partial charge in [-0.05, 0) is 6.92 Å². The molecule has 0 saturated heterocycles. The lowest BCUT2D eigenvalue weighted by Crippen LogP contribution is -2.27. The number of nitrogens with zero attached hydrogens (tertiary/aromatic N) is 4. The number of nitrogens with one attached hydrogen (secondary N) is 1. The van der Waals surface area contributed by atoms with Crippen molar-refractivity contribution in [1.82, 2.24) is 25.2 Å². The molecule has 0 fully saturated rings. The van der Waals surface area contributed by atoms with Crippen LogP contribution >= 0.6 is 0 Å². The molecule has 0 aliphatic heterocycles. The van der Waals surface area contributed by atoms with E-state index in [-0.39, 0.29) is 19.1 Å². The van der Waals surface area contributed by atoms with Crippen LogP contribution < -0.4 is 5.32 Å². The Morgan fingerprint density at radius 3 is 2.84 bits per heavy atom. The highest BCUT2D eigenvalue weighted by Gasteiger charge is 2.10. The topological polar surface area (TPSA) is 95.1 Å². The fourth-order valence-corrected chi connectivity index (χ4v) is 2.21. The lowest BCUT2D eigenvalue weighted by Gasteiger charge is -2.05. The van der Waals surface area contributed by atoms with Gasteiger partial charge in [0.1, 0.15) is 13.2 Å². The number of hydrogen-bond acceptors (Lipinski definition) is 6. The molecule has 130 valence electrons. The van der Waals surface area contributed by atoms with Crippen LogP contribution in [0.25, 0.3) is 11.4 Å². The molecule has 8 heteroatoms. The first-order valence-electron chi connectivity index (χ1n) is 7.83. The number of hydrogen-bond donors (Lipinski definition) is 1. The highest BCUT2D eigenvalue weighted by Crippen LogP contribution is 2.14. The Bertz CT molecular complexity index is 841. The second-order valence-corrected chi connectivity index (χ2v) is 5.53. The minimum atomic E-state index is -0.217. The van der Waals surface area contributed by atoms with Gasteiger partial charge in [-0.2, -0.15) is 10.1 Å². The lowest BCUT2D eigenvalue weighted by atomic mass is 10.2. The Balaban J connectivity index is 1.43. The quantitative estimate of drug-likeness (QED) is 0.701. The van der Waals surface area contributed by atoms with Crippen LogP contribution in [0.2, 0.25) is 0 Å². The molecule has 1 aromatic carbocycles. The van der Waals surface area contributed by atoms with E-state index in [2.05, 4.69) is 20.6 Å². The summed E-state index contributed by atoms with van der Waals surface area (Å²) in [6, 6.07) is 9.50. The molecule has 0 aliphatic carbocycles. The van der Waals surface area contributed by atoms with Gasteiger partial charge in [0, 0.05) is 30.4 Å². The van der Waals surface area contributed by atoms with Crippen LogP contribution in [-0.2, 0) is 29.7 Å². The first-order valence-corrected chi connectivity index (χ1v) is 7.83. The van der Waals surface area contributed by atoms with Gasteiger partial charge in [0.2, 0.25) is 11.7 Å². The van der Waals surface area contributed by atoms with Crippen molar-refractivity contribution in [1.29, 1.82) is 0 Å². The second kappa shape index (κ2) is 7.71. The molecule has 1 N–H and O–H groups in total. The predicted octanol–water partition coefficient (Wildman–Crippen LogP) is 1.61. The van der Waals surface area contributed by atoms with E-state index in [0.717, 1.165) is 16.8 Å². The van der Waals surface area contributed by atoms with E-state index in [1.807, 2.05) is 44.3 Å². The summed E-state index contributed by atoms with van der Waals surface area (Å²) < 4.78 is 12.2. The van der Waals surface area contributed by atoms with E-state index >= 15 is 0 Å². The van der Waals surface area contributed by atoms with Crippen molar-refractivity contribution >= 4 is 5.91 Å². The van der Waals surface area contributed by atoms with Crippen molar-refractivity contribution in [3.05, 3.63) is 53.7 Å². The molecule has 0 aliphatic rings. The summed E-state index contributed by atoms with van der Waals surface area (Å²) in [6.07, 6.45) is 1.74. The number of aromatic nitrogens is 4. The summed E-state index contributed by atoms with van der Waals surface area (Å²) in [7, 11) is 1.86. The van der Waals surface area contributed by atoms with Crippen molar-refractivity contribution in [2.24, 2.45) is 7.05 Å². The zero-order valence-electron chi connectivity index (χ0n) is 14.1. The van der Waals surface area contributed by atoms with Gasteiger partial charge in [-0.25, -0.2) is 0 Å². The molecular weight excluding hydrogens is 322 g/mol. The maximum atomic E-state index is 11.8. The molecule has 3 aromatic rings. The van der Waals surface area contributed by atoms with E-state index in [4.69, 9.17) is 9.26 Å². The average molecular weight is 341 g/mol. The summed E-state index contributed by atoms with van der Waals surface area (Å²) in [4.78, 5) is 16.1. The van der Waals surface area contributed by atoms with E-state index in [1.54, 1.807) is 10.9 Å². The SMILES string of the molecule is Cc1c(CNC(=O)COCc2nc(-c3ccccc3)no2)cnn1C. The van der Waals surface area contributed by atoms with Crippen molar-refractivity contribution in [2.75, 3.05) is 6.61 Å². The minimum Gasteiger partial charge on any atom is -0.362 e. The number of carbonyl (C=O) groups excluding carboxylic acids is 1. The molecule has 0 atom stereocenters. The van der Waals surface area contributed by atoms with Gasteiger partial charge < -0.3 is 14.6 Å². The van der Waals surface area contributed by atoms with Crippen molar-refractivity contribution in [2.45, 2.75) is 20.1 Å². The maximum Gasteiger partial charge on any atom is 0.252 e. The molecule has 0 radical (unpaired) electrons. The summed E-state index contributed by atoms with van der Waals surface area (Å²) >= 11 is 0. The van der Waals surface area contributed by atoms with E-state index < -0.39 is 0 Å². The van der Waals surface area contributed by atoms with Gasteiger partial charge in [-0.15, -0.1) is 0 Å². The first-order chi connectivity index (χ1) is 12.1. The molecule has 8 nitrogen and oxygen atoms in total. The largest absolute Gasteiger partial charge is 0.362 e. The Morgan fingerprint density at radius 2 is 2.12 bits per heavy atom. The third-order valence-electron chi connectivity index (χ3n) is 3.77. The Morgan fingerprint density at radius 1 is 1.32 bits per heavy atom. The first kappa shape index (κ1) is 16.8. The third kappa shape index (κ3) is 4.30. The molecule has 0 unspecified atom stereocenters. The number of carbonyl (C=O) groups is 1. The van der Waals surface area contributed by atoms with Crippen LogP contribution in [0.15, 0.2) is 41.1 Å². The van der Waals surface area contributed by atoms with Crippen molar-refractivity contribution in [3.8, 4) is 11.4 Å². The smallest absolute Gasteiger partial charge is 0.252 e. The average Bonchev–Trinajstić information content (AvgIpc) is 3.22. The fourth-order valence-electron chi connectivity index (χ4n) is 2.21. The van der Waals surface area contributed by atoms with Crippen LogP contribution in [-0.4, -0.2) is 32.4 Å². The fraction of sp³-hybridized carbons (Fsp3) is 0.294. The zero-order valence-corrected chi connectivity index (χ0v) is 14.1. The number of benzene rings is 1. The van der Waals surface area contributed by atoms with Crippen LogP contribution in [0.5, 0.6) is 0 Å². The van der Waals surface area contributed by atoms with E-state index in [1.165, 1.54) is 0 Å². The molecule has 2 aromatic heterocycles. The molecular formula is C17H19N5O3. The normalized spacial score (nSPS) is 10.8. The molecule has 3 rings (SSSR count). The van der Waals surface area contributed by atoms with Gasteiger partial charge in [0.25, 0.3) is 5.89 Å². The molecule has 1 amide bonds. The highest BCUT2D eigenvalue weighted by molar-refractivity contribution is 5.77. The maximum absolute atomic E-state index is 11.8. The van der Waals surface area contributed by atoms with Gasteiger partial charge in [0.05, 0.1) is 6.20 Å². The molecule has 2 heterocycles. The summed E-state index contributed by atoms with van der Waals surface area (Å²) in [5.74, 6) is 0.608. The monoisotopic (exact) mass is 341 g/mol. The summed E-state index contributed by atoms with van der Waals surface area (Å²) in [5, 5.41) is 10.8. The van der Waals surface area contributed by atoms with Crippen LogP contribution in [0.3, 0.4) is 0 Å². The Kier molecular flexibility index (Phi) is 5.20. The van der Waals surface area contributed by atoms with E-state index in [0.29, 0.717) is 18.3 Å². The van der Waals surface area contributed by atoms with Gasteiger partial charge in [0.15, 0.2) is 0 Å². The molecule has 0 bridgehead atoms. The van der Waals surface area contributed by atoms with Crippen molar-refractivity contribution in [3.63, 3.8) is 0 Å². The number of aryl methyl sites for hydroxylation is 1. The second-order valence-electron chi connectivity index (χ2n) is 5.53. The molecule has 0 saturated carbocycles. The molecule has 25 heavy (non-hydrogen) atoms. The van der Waals surface area contributed by atoms with Crippen LogP contribution in [0.1, 0.15) is 17.1 Å². The lowest BCUT2D eigenvalue weighted by molar-refractivity contribution is -0.126. The highest BCUT2D eigenvalue weighted by atomic mass is 16.5. The standard InChI is InChI=1S/C17H19N5O3/c1-12-14(9-19-22(12)2)8-18-15(23)10-24-11-16-20-17(21-25-16)13-6-4-3-5-7-13/h3-7,9H,8,10-11H2,1-2H3,(H,18,23). The predicted molar refractivity (Wildman–Crippen MR) is 89.2 cm³/mol.